The molecule has 6 atom stereocenters. The zero-order valence-corrected chi connectivity index (χ0v) is 18.1. The molecule has 162 valence electrons. The first kappa shape index (κ1) is 26.2. The average molecular weight is 419 g/mol. The van der Waals surface area contributed by atoms with Gasteiger partial charge in [-0.25, -0.2) is 4.79 Å². The Labute approximate surface area is 172 Å². The number of carbonyl (C=O) groups excluding carboxylic acids is 3. The Balaban J connectivity index is 5.46. The fourth-order valence-corrected chi connectivity index (χ4v) is 2.63. The molecule has 0 saturated heterocycles. The number of carboxylic acid groups (broad SMARTS) is 1. The highest BCUT2D eigenvalue weighted by Gasteiger charge is 2.33. The van der Waals surface area contributed by atoms with Crippen molar-refractivity contribution < 1.29 is 24.3 Å². The second-order valence-corrected chi connectivity index (χ2v) is 7.48. The molecule has 10 heteroatoms. The van der Waals surface area contributed by atoms with Crippen LogP contribution in [0.1, 0.15) is 47.5 Å². The number of nitrogens with one attached hydrogen (secondary N) is 3. The van der Waals surface area contributed by atoms with Crippen LogP contribution in [0.3, 0.4) is 0 Å². The van der Waals surface area contributed by atoms with Crippen molar-refractivity contribution in [3.8, 4) is 0 Å². The van der Waals surface area contributed by atoms with E-state index in [1.165, 1.54) is 6.92 Å². The first-order chi connectivity index (χ1) is 13.0. The number of aliphatic carboxylic acids is 1. The monoisotopic (exact) mass is 418 g/mol. The molecule has 6 N–H and O–H groups in total. The van der Waals surface area contributed by atoms with Gasteiger partial charge in [-0.3, -0.25) is 14.4 Å². The highest BCUT2D eigenvalue weighted by Crippen LogP contribution is 2.12. The molecule has 0 spiro atoms. The summed E-state index contributed by atoms with van der Waals surface area (Å²) in [6, 6.07) is -3.75. The fourth-order valence-electron chi connectivity index (χ4n) is 2.38. The topological polar surface area (TPSA) is 151 Å². The summed E-state index contributed by atoms with van der Waals surface area (Å²) in [5.41, 5.74) is 5.57. The number of rotatable bonds is 12. The summed E-state index contributed by atoms with van der Waals surface area (Å²) in [5.74, 6) is -3.31. The molecule has 0 aromatic heterocycles. The summed E-state index contributed by atoms with van der Waals surface area (Å²) >= 11 is 3.93. The molecular weight excluding hydrogens is 384 g/mol. The van der Waals surface area contributed by atoms with Crippen molar-refractivity contribution in [3.63, 3.8) is 0 Å². The lowest BCUT2D eigenvalue weighted by molar-refractivity contribution is -0.142. The van der Waals surface area contributed by atoms with E-state index in [0.717, 1.165) is 0 Å². The highest BCUT2D eigenvalue weighted by molar-refractivity contribution is 7.80. The van der Waals surface area contributed by atoms with Gasteiger partial charge in [-0.05, 0) is 18.8 Å². The van der Waals surface area contributed by atoms with Crippen LogP contribution >= 0.6 is 12.6 Å². The number of carbonyl (C=O) groups is 4. The Hall–Kier alpha value is -1.81. The number of thiol groups is 1. The molecule has 0 aliphatic rings. The van der Waals surface area contributed by atoms with Gasteiger partial charge in [0.2, 0.25) is 17.7 Å². The van der Waals surface area contributed by atoms with Gasteiger partial charge >= 0.3 is 5.97 Å². The van der Waals surface area contributed by atoms with Crippen molar-refractivity contribution in [3.05, 3.63) is 0 Å². The normalized spacial score (nSPS) is 17.4. The Morgan fingerprint density at radius 1 is 0.857 bits per heavy atom. The third kappa shape index (κ3) is 8.05. The van der Waals surface area contributed by atoms with Crippen molar-refractivity contribution in [1.82, 2.24) is 16.0 Å². The maximum absolute atomic E-state index is 12.8. The third-order valence-electron chi connectivity index (χ3n) is 4.80. The van der Waals surface area contributed by atoms with E-state index >= 15 is 0 Å². The zero-order chi connectivity index (χ0) is 22.0. The van der Waals surface area contributed by atoms with Gasteiger partial charge in [0, 0.05) is 5.75 Å². The molecule has 0 aliphatic heterocycles. The van der Waals surface area contributed by atoms with Crippen molar-refractivity contribution in [2.24, 2.45) is 17.6 Å². The van der Waals surface area contributed by atoms with Crippen LogP contribution in [0.2, 0.25) is 0 Å². The van der Waals surface area contributed by atoms with E-state index in [0.29, 0.717) is 12.8 Å². The van der Waals surface area contributed by atoms with E-state index in [1.807, 2.05) is 20.8 Å². The number of hydrogen-bond acceptors (Lipinski definition) is 6. The Kier molecular flexibility index (Phi) is 11.8. The lowest BCUT2D eigenvalue weighted by Gasteiger charge is -2.29. The summed E-state index contributed by atoms with van der Waals surface area (Å²) in [6.45, 7) is 8.84. The van der Waals surface area contributed by atoms with E-state index in [1.54, 1.807) is 6.92 Å². The lowest BCUT2D eigenvalue weighted by Crippen LogP contribution is -2.60. The standard InChI is InChI=1S/C18H34N4O5S/c1-6-9(3)13(16(24)20-12(8-28)18(26)27)22-17(25)14(10(4)7-2)21-15(23)11(5)19/h9-14,28H,6-8,19H2,1-5H3,(H,20,24)(H,21,23)(H,22,25)(H,26,27). The molecular formula is C18H34N4O5S. The third-order valence-corrected chi connectivity index (χ3v) is 5.16. The molecule has 0 aromatic carbocycles. The van der Waals surface area contributed by atoms with Crippen LogP contribution in [0.15, 0.2) is 0 Å². The second-order valence-electron chi connectivity index (χ2n) is 7.11. The highest BCUT2D eigenvalue weighted by atomic mass is 32.1. The Morgan fingerprint density at radius 2 is 1.25 bits per heavy atom. The molecule has 3 amide bonds. The molecule has 0 heterocycles. The van der Waals surface area contributed by atoms with Crippen molar-refractivity contribution in [2.75, 3.05) is 5.75 Å². The molecule has 0 bridgehead atoms. The van der Waals surface area contributed by atoms with Gasteiger partial charge in [0.1, 0.15) is 18.1 Å². The van der Waals surface area contributed by atoms with E-state index in [9.17, 15) is 19.2 Å². The van der Waals surface area contributed by atoms with Crippen LogP contribution in [0.4, 0.5) is 0 Å². The minimum Gasteiger partial charge on any atom is -0.480 e. The quantitative estimate of drug-likeness (QED) is 0.244. The SMILES string of the molecule is CCC(C)C(NC(=O)C(C)N)C(=O)NC(C(=O)NC(CS)C(=O)O)C(C)CC. The van der Waals surface area contributed by atoms with Gasteiger partial charge in [-0.1, -0.05) is 40.5 Å². The van der Waals surface area contributed by atoms with Crippen LogP contribution in [-0.4, -0.2) is 58.7 Å². The second kappa shape index (κ2) is 12.6. The van der Waals surface area contributed by atoms with Gasteiger partial charge in [0.25, 0.3) is 0 Å². The Morgan fingerprint density at radius 3 is 1.57 bits per heavy atom. The fraction of sp³-hybridized carbons (Fsp3) is 0.778. The summed E-state index contributed by atoms with van der Waals surface area (Å²) in [4.78, 5) is 48.6. The maximum Gasteiger partial charge on any atom is 0.327 e. The summed E-state index contributed by atoms with van der Waals surface area (Å²) in [7, 11) is 0. The van der Waals surface area contributed by atoms with Crippen molar-refractivity contribution >= 4 is 36.3 Å². The number of carboxylic acids is 1. The zero-order valence-electron chi connectivity index (χ0n) is 17.2. The van der Waals surface area contributed by atoms with E-state index < -0.39 is 47.9 Å². The van der Waals surface area contributed by atoms with E-state index in [2.05, 4.69) is 28.6 Å². The molecule has 9 nitrogen and oxygen atoms in total. The van der Waals surface area contributed by atoms with Gasteiger partial charge in [0.05, 0.1) is 6.04 Å². The van der Waals surface area contributed by atoms with Crippen LogP contribution in [0, 0.1) is 11.8 Å². The Bertz CT molecular complexity index is 558. The van der Waals surface area contributed by atoms with Gasteiger partial charge < -0.3 is 26.8 Å². The predicted molar refractivity (Wildman–Crippen MR) is 110 cm³/mol. The molecule has 0 radical (unpaired) electrons. The number of hydrogen-bond donors (Lipinski definition) is 6. The largest absolute Gasteiger partial charge is 0.480 e. The molecule has 0 rings (SSSR count). The van der Waals surface area contributed by atoms with Crippen LogP contribution < -0.4 is 21.7 Å². The summed E-state index contributed by atoms with van der Waals surface area (Å²) in [6.07, 6.45) is 1.20. The number of amides is 3. The van der Waals surface area contributed by atoms with E-state index in [4.69, 9.17) is 10.8 Å². The molecule has 28 heavy (non-hydrogen) atoms. The van der Waals surface area contributed by atoms with Crippen LogP contribution in [-0.2, 0) is 19.2 Å². The van der Waals surface area contributed by atoms with Crippen molar-refractivity contribution in [2.45, 2.75) is 71.6 Å². The molecule has 0 saturated carbocycles. The van der Waals surface area contributed by atoms with Gasteiger partial charge in [-0.2, -0.15) is 12.6 Å². The molecule has 0 aromatic rings. The number of nitrogens with two attached hydrogens (primary N) is 1. The predicted octanol–water partition coefficient (Wildman–Crippen LogP) is -0.105. The first-order valence-electron chi connectivity index (χ1n) is 9.50. The maximum atomic E-state index is 12.8. The lowest BCUT2D eigenvalue weighted by atomic mass is 9.94. The summed E-state index contributed by atoms with van der Waals surface area (Å²) in [5, 5.41) is 16.8. The van der Waals surface area contributed by atoms with Crippen molar-refractivity contribution in [1.29, 1.82) is 0 Å². The average Bonchev–Trinajstić information content (AvgIpc) is 2.65. The molecule has 0 aliphatic carbocycles. The molecule has 6 unspecified atom stereocenters. The summed E-state index contributed by atoms with van der Waals surface area (Å²) < 4.78 is 0. The minimum absolute atomic E-state index is 0.0812. The smallest absolute Gasteiger partial charge is 0.327 e. The molecule has 0 fully saturated rings. The van der Waals surface area contributed by atoms with Crippen LogP contribution in [0.25, 0.3) is 0 Å². The van der Waals surface area contributed by atoms with Crippen LogP contribution in [0.5, 0.6) is 0 Å². The van der Waals surface area contributed by atoms with E-state index in [-0.39, 0.29) is 17.6 Å². The van der Waals surface area contributed by atoms with Gasteiger partial charge in [-0.15, -0.1) is 0 Å². The minimum atomic E-state index is -1.21. The first-order valence-corrected chi connectivity index (χ1v) is 10.1. The van der Waals surface area contributed by atoms with Gasteiger partial charge in [0.15, 0.2) is 0 Å².